The molecule has 0 radical (unpaired) electrons. The highest BCUT2D eigenvalue weighted by molar-refractivity contribution is 6.30. The van der Waals surface area contributed by atoms with Crippen molar-refractivity contribution in [3.63, 3.8) is 0 Å². The van der Waals surface area contributed by atoms with Gasteiger partial charge in [-0.3, -0.25) is 4.79 Å². The predicted molar refractivity (Wildman–Crippen MR) is 73.9 cm³/mol. The maximum Gasteiger partial charge on any atom is 0.246 e. The molecule has 0 atom stereocenters. The van der Waals surface area contributed by atoms with Gasteiger partial charge in [0.1, 0.15) is 6.61 Å². The lowest BCUT2D eigenvalue weighted by atomic mass is 10.1. The minimum atomic E-state index is -0.287. The molecule has 18 heavy (non-hydrogen) atoms. The fourth-order valence-electron chi connectivity index (χ4n) is 1.37. The van der Waals surface area contributed by atoms with Gasteiger partial charge in [0, 0.05) is 11.6 Å². The second-order valence-corrected chi connectivity index (χ2v) is 5.57. The summed E-state index contributed by atoms with van der Waals surface area (Å²) in [6.45, 7) is 6.45. The molecule has 0 spiro atoms. The Hall–Kier alpha value is -1.06. The Kier molecular flexibility index (Phi) is 5.63. The monoisotopic (exact) mass is 269 g/mol. The number of hydrogen-bond acceptors (Lipinski definition) is 2. The number of amides is 1. The highest BCUT2D eigenvalue weighted by Crippen LogP contribution is 2.10. The van der Waals surface area contributed by atoms with E-state index in [2.05, 4.69) is 5.32 Å². The van der Waals surface area contributed by atoms with Crippen LogP contribution in [0.3, 0.4) is 0 Å². The largest absolute Gasteiger partial charge is 0.366 e. The third kappa shape index (κ3) is 6.62. The van der Waals surface area contributed by atoms with Gasteiger partial charge in [0.05, 0.1) is 5.60 Å². The molecule has 0 fully saturated rings. The fourth-order valence-corrected chi connectivity index (χ4v) is 1.58. The van der Waals surface area contributed by atoms with Crippen LogP contribution in [0.4, 0.5) is 0 Å². The smallest absolute Gasteiger partial charge is 0.246 e. The van der Waals surface area contributed by atoms with Gasteiger partial charge in [-0.1, -0.05) is 23.7 Å². The van der Waals surface area contributed by atoms with E-state index >= 15 is 0 Å². The van der Waals surface area contributed by atoms with Gasteiger partial charge in [-0.05, 0) is 44.9 Å². The molecule has 0 unspecified atom stereocenters. The van der Waals surface area contributed by atoms with E-state index in [0.717, 1.165) is 17.0 Å². The number of hydrogen-bond donors (Lipinski definition) is 1. The number of carbonyl (C=O) groups is 1. The first-order chi connectivity index (χ1) is 8.37. The molecule has 0 saturated carbocycles. The molecule has 0 heterocycles. The number of nitrogens with one attached hydrogen (secondary N) is 1. The molecule has 4 heteroatoms. The zero-order chi connectivity index (χ0) is 13.6. The van der Waals surface area contributed by atoms with Gasteiger partial charge in [0.2, 0.25) is 5.91 Å². The summed E-state index contributed by atoms with van der Waals surface area (Å²) in [6, 6.07) is 7.63. The maximum absolute atomic E-state index is 11.5. The van der Waals surface area contributed by atoms with Crippen LogP contribution in [0, 0.1) is 0 Å². The quantitative estimate of drug-likeness (QED) is 0.893. The van der Waals surface area contributed by atoms with Crippen molar-refractivity contribution >= 4 is 17.5 Å². The summed E-state index contributed by atoms with van der Waals surface area (Å²) in [7, 11) is 0. The lowest BCUT2D eigenvalue weighted by Gasteiger charge is -2.18. The number of benzene rings is 1. The molecule has 0 saturated heterocycles. The Bertz CT molecular complexity index is 399. The van der Waals surface area contributed by atoms with Gasteiger partial charge in [0.15, 0.2) is 0 Å². The van der Waals surface area contributed by atoms with Gasteiger partial charge in [-0.15, -0.1) is 0 Å². The standard InChI is InChI=1S/C14H20ClNO2/c1-14(2,3)18-10-13(17)16-8-7-11-5-4-6-12(15)9-11/h4-6,9H,7-8,10H2,1-3H3,(H,16,17). The second kappa shape index (κ2) is 6.76. The van der Waals surface area contributed by atoms with Crippen molar-refractivity contribution < 1.29 is 9.53 Å². The average molecular weight is 270 g/mol. The minimum absolute atomic E-state index is 0.0908. The third-order valence-corrected chi connectivity index (χ3v) is 2.50. The second-order valence-electron chi connectivity index (χ2n) is 5.13. The summed E-state index contributed by atoms with van der Waals surface area (Å²) in [5, 5.41) is 3.53. The summed E-state index contributed by atoms with van der Waals surface area (Å²) in [4.78, 5) is 11.5. The van der Waals surface area contributed by atoms with Crippen LogP contribution in [-0.2, 0) is 16.0 Å². The van der Waals surface area contributed by atoms with Crippen molar-refractivity contribution in [3.8, 4) is 0 Å². The van der Waals surface area contributed by atoms with Gasteiger partial charge in [-0.25, -0.2) is 0 Å². The zero-order valence-electron chi connectivity index (χ0n) is 11.1. The Morgan fingerprint density at radius 2 is 2.11 bits per heavy atom. The Balaban J connectivity index is 2.23. The summed E-state index contributed by atoms with van der Waals surface area (Å²) in [5.41, 5.74) is 0.823. The van der Waals surface area contributed by atoms with Crippen LogP contribution in [0.25, 0.3) is 0 Å². The van der Waals surface area contributed by atoms with Crippen LogP contribution < -0.4 is 5.32 Å². The minimum Gasteiger partial charge on any atom is -0.366 e. The summed E-state index contributed by atoms with van der Waals surface area (Å²) >= 11 is 5.88. The molecule has 1 aromatic carbocycles. The van der Waals surface area contributed by atoms with E-state index in [4.69, 9.17) is 16.3 Å². The molecule has 0 aliphatic rings. The molecule has 100 valence electrons. The van der Waals surface area contributed by atoms with Gasteiger partial charge >= 0.3 is 0 Å². The normalized spacial score (nSPS) is 11.3. The van der Waals surface area contributed by atoms with E-state index in [1.54, 1.807) is 0 Å². The SMILES string of the molecule is CC(C)(C)OCC(=O)NCCc1cccc(Cl)c1. The molecule has 1 amide bonds. The van der Waals surface area contributed by atoms with Crippen molar-refractivity contribution in [2.75, 3.05) is 13.2 Å². The average Bonchev–Trinajstić information content (AvgIpc) is 2.25. The van der Waals surface area contributed by atoms with E-state index in [9.17, 15) is 4.79 Å². The van der Waals surface area contributed by atoms with E-state index in [1.165, 1.54) is 0 Å². The first-order valence-electron chi connectivity index (χ1n) is 6.02. The number of halogens is 1. The molecule has 1 rings (SSSR count). The summed E-state index contributed by atoms with van der Waals surface area (Å²) in [5.74, 6) is -0.0908. The Labute approximate surface area is 113 Å². The van der Waals surface area contributed by atoms with Crippen molar-refractivity contribution in [1.82, 2.24) is 5.32 Å². The maximum atomic E-state index is 11.5. The predicted octanol–water partition coefficient (Wildman–Crippen LogP) is 2.81. The number of carbonyl (C=O) groups excluding carboxylic acids is 1. The van der Waals surface area contributed by atoms with Crippen molar-refractivity contribution in [2.45, 2.75) is 32.8 Å². The Morgan fingerprint density at radius 3 is 2.72 bits per heavy atom. The van der Waals surface area contributed by atoms with Gasteiger partial charge < -0.3 is 10.1 Å². The van der Waals surface area contributed by atoms with Gasteiger partial charge in [0.25, 0.3) is 0 Å². The van der Waals surface area contributed by atoms with E-state index in [1.807, 2.05) is 45.0 Å². The summed E-state index contributed by atoms with van der Waals surface area (Å²) < 4.78 is 5.38. The summed E-state index contributed by atoms with van der Waals surface area (Å²) in [6.07, 6.45) is 0.766. The van der Waals surface area contributed by atoms with Crippen LogP contribution in [0.2, 0.25) is 5.02 Å². The molecule has 3 nitrogen and oxygen atoms in total. The molecule has 0 aliphatic heterocycles. The topological polar surface area (TPSA) is 38.3 Å². The van der Waals surface area contributed by atoms with Gasteiger partial charge in [-0.2, -0.15) is 0 Å². The lowest BCUT2D eigenvalue weighted by molar-refractivity contribution is -0.130. The molecular weight excluding hydrogens is 250 g/mol. The highest BCUT2D eigenvalue weighted by atomic mass is 35.5. The molecule has 0 bridgehead atoms. The first kappa shape index (κ1) is 15.0. The van der Waals surface area contributed by atoms with E-state index in [-0.39, 0.29) is 18.1 Å². The molecule has 1 aromatic rings. The lowest BCUT2D eigenvalue weighted by Crippen LogP contribution is -2.33. The van der Waals surface area contributed by atoms with Crippen molar-refractivity contribution in [2.24, 2.45) is 0 Å². The number of ether oxygens (including phenoxy) is 1. The highest BCUT2D eigenvalue weighted by Gasteiger charge is 2.12. The third-order valence-electron chi connectivity index (χ3n) is 2.26. The van der Waals surface area contributed by atoms with Crippen molar-refractivity contribution in [1.29, 1.82) is 0 Å². The molecule has 1 N–H and O–H groups in total. The Morgan fingerprint density at radius 1 is 1.39 bits per heavy atom. The van der Waals surface area contributed by atoms with Crippen LogP contribution in [0.5, 0.6) is 0 Å². The van der Waals surface area contributed by atoms with E-state index in [0.29, 0.717) is 6.54 Å². The van der Waals surface area contributed by atoms with E-state index < -0.39 is 0 Å². The molecule has 0 aromatic heterocycles. The van der Waals surface area contributed by atoms with Crippen molar-refractivity contribution in [3.05, 3.63) is 34.9 Å². The first-order valence-corrected chi connectivity index (χ1v) is 6.40. The molecule has 0 aliphatic carbocycles. The number of rotatable bonds is 5. The zero-order valence-corrected chi connectivity index (χ0v) is 11.9. The van der Waals surface area contributed by atoms with Crippen LogP contribution in [0.1, 0.15) is 26.3 Å². The van der Waals surface area contributed by atoms with Crippen LogP contribution in [-0.4, -0.2) is 24.7 Å². The fraction of sp³-hybridized carbons (Fsp3) is 0.500. The molecular formula is C14H20ClNO2. The van der Waals surface area contributed by atoms with Crippen LogP contribution in [0.15, 0.2) is 24.3 Å². The van der Waals surface area contributed by atoms with Crippen LogP contribution >= 0.6 is 11.6 Å².